The summed E-state index contributed by atoms with van der Waals surface area (Å²) < 4.78 is 0. The lowest BCUT2D eigenvalue weighted by molar-refractivity contribution is -0.120. The molecule has 1 aromatic heterocycles. The number of carbonyl (C=O) groups excluding carboxylic acids is 2. The first-order chi connectivity index (χ1) is 9.65. The summed E-state index contributed by atoms with van der Waals surface area (Å²) >= 11 is 1.35. The highest BCUT2D eigenvalue weighted by molar-refractivity contribution is 7.12. The predicted molar refractivity (Wildman–Crippen MR) is 79.7 cm³/mol. The van der Waals surface area contributed by atoms with Gasteiger partial charge in [0.15, 0.2) is 0 Å². The van der Waals surface area contributed by atoms with Gasteiger partial charge in [-0.25, -0.2) is 0 Å². The van der Waals surface area contributed by atoms with E-state index in [0.717, 1.165) is 5.56 Å². The third-order valence-electron chi connectivity index (χ3n) is 2.76. The van der Waals surface area contributed by atoms with Crippen LogP contribution < -0.4 is 10.6 Å². The van der Waals surface area contributed by atoms with Gasteiger partial charge in [-0.15, -0.1) is 11.3 Å². The zero-order chi connectivity index (χ0) is 14.4. The monoisotopic (exact) mass is 288 g/mol. The molecule has 0 bridgehead atoms. The lowest BCUT2D eigenvalue weighted by Crippen LogP contribution is -2.36. The van der Waals surface area contributed by atoms with Crippen molar-refractivity contribution in [3.05, 3.63) is 57.8 Å². The van der Waals surface area contributed by atoms with Gasteiger partial charge in [-0.05, 0) is 23.9 Å². The molecule has 0 radical (unpaired) electrons. The molecular weight excluding hydrogens is 272 g/mol. The van der Waals surface area contributed by atoms with Crippen molar-refractivity contribution in [3.8, 4) is 0 Å². The standard InChI is InChI=1S/C15H16N2O2S/c1-11-4-6-12(7-5-11)9-16-14(18)10-17-15(19)13-3-2-8-20-13/h2-8H,9-10H2,1H3,(H,16,18)(H,17,19). The number of nitrogens with one attached hydrogen (secondary N) is 2. The Kier molecular flexibility index (Phi) is 4.90. The van der Waals surface area contributed by atoms with E-state index in [1.165, 1.54) is 16.9 Å². The number of hydrogen-bond donors (Lipinski definition) is 2. The SMILES string of the molecule is Cc1ccc(CNC(=O)CNC(=O)c2cccs2)cc1. The van der Waals surface area contributed by atoms with Gasteiger partial charge in [0, 0.05) is 6.54 Å². The fourth-order valence-corrected chi connectivity index (χ4v) is 2.26. The highest BCUT2D eigenvalue weighted by atomic mass is 32.1. The molecule has 104 valence electrons. The maximum absolute atomic E-state index is 11.6. The molecule has 1 aromatic carbocycles. The molecule has 1 heterocycles. The second-order valence-electron chi connectivity index (χ2n) is 4.42. The van der Waals surface area contributed by atoms with Crippen molar-refractivity contribution in [1.82, 2.24) is 10.6 Å². The van der Waals surface area contributed by atoms with Crippen LogP contribution in [0.3, 0.4) is 0 Å². The van der Waals surface area contributed by atoms with E-state index < -0.39 is 0 Å². The van der Waals surface area contributed by atoms with Crippen LogP contribution in [0, 0.1) is 6.92 Å². The molecule has 5 heteroatoms. The Morgan fingerprint density at radius 3 is 2.50 bits per heavy atom. The van der Waals surface area contributed by atoms with E-state index in [1.54, 1.807) is 12.1 Å². The summed E-state index contributed by atoms with van der Waals surface area (Å²) in [5.41, 5.74) is 2.22. The van der Waals surface area contributed by atoms with Crippen LogP contribution in [0.1, 0.15) is 20.8 Å². The number of aryl methyl sites for hydroxylation is 1. The zero-order valence-electron chi connectivity index (χ0n) is 11.2. The average molecular weight is 288 g/mol. The van der Waals surface area contributed by atoms with Crippen molar-refractivity contribution >= 4 is 23.2 Å². The third kappa shape index (κ3) is 4.20. The van der Waals surface area contributed by atoms with Gasteiger partial charge in [0.05, 0.1) is 11.4 Å². The number of thiophene rings is 1. The fourth-order valence-electron chi connectivity index (χ4n) is 1.62. The smallest absolute Gasteiger partial charge is 0.261 e. The highest BCUT2D eigenvalue weighted by Crippen LogP contribution is 2.07. The van der Waals surface area contributed by atoms with Crippen molar-refractivity contribution < 1.29 is 9.59 Å². The second-order valence-corrected chi connectivity index (χ2v) is 5.37. The Balaban J connectivity index is 1.73. The molecule has 0 saturated heterocycles. The van der Waals surface area contributed by atoms with Crippen molar-refractivity contribution in [2.45, 2.75) is 13.5 Å². The zero-order valence-corrected chi connectivity index (χ0v) is 12.0. The molecule has 2 aromatic rings. The summed E-state index contributed by atoms with van der Waals surface area (Å²) in [6.45, 7) is 2.47. The normalized spacial score (nSPS) is 10.1. The summed E-state index contributed by atoms with van der Waals surface area (Å²) in [4.78, 5) is 23.9. The lowest BCUT2D eigenvalue weighted by Gasteiger charge is -2.06. The molecule has 2 N–H and O–H groups in total. The molecule has 0 saturated carbocycles. The number of rotatable bonds is 5. The highest BCUT2D eigenvalue weighted by Gasteiger charge is 2.08. The molecule has 20 heavy (non-hydrogen) atoms. The summed E-state index contributed by atoms with van der Waals surface area (Å²) in [6, 6.07) is 11.5. The number of hydrogen-bond acceptors (Lipinski definition) is 3. The van der Waals surface area contributed by atoms with Gasteiger partial charge in [-0.2, -0.15) is 0 Å². The molecule has 2 amide bonds. The van der Waals surface area contributed by atoms with Crippen LogP contribution in [-0.2, 0) is 11.3 Å². The first kappa shape index (κ1) is 14.3. The van der Waals surface area contributed by atoms with Crippen LogP contribution >= 0.6 is 11.3 Å². The van der Waals surface area contributed by atoms with Crippen LogP contribution in [0.4, 0.5) is 0 Å². The van der Waals surface area contributed by atoms with Crippen molar-refractivity contribution in [3.63, 3.8) is 0 Å². The van der Waals surface area contributed by atoms with Gasteiger partial charge >= 0.3 is 0 Å². The molecule has 2 rings (SSSR count). The van der Waals surface area contributed by atoms with Gasteiger partial charge in [-0.3, -0.25) is 9.59 Å². The Morgan fingerprint density at radius 2 is 1.85 bits per heavy atom. The van der Waals surface area contributed by atoms with E-state index in [2.05, 4.69) is 10.6 Å². The summed E-state index contributed by atoms with van der Waals surface area (Å²) in [6.07, 6.45) is 0. The van der Waals surface area contributed by atoms with E-state index in [9.17, 15) is 9.59 Å². The summed E-state index contributed by atoms with van der Waals surface area (Å²) in [7, 11) is 0. The minimum absolute atomic E-state index is 0.0113. The number of carbonyl (C=O) groups is 2. The molecule has 4 nitrogen and oxygen atoms in total. The topological polar surface area (TPSA) is 58.2 Å². The summed E-state index contributed by atoms with van der Waals surface area (Å²) in [5.74, 6) is -0.416. The van der Waals surface area contributed by atoms with Gasteiger partial charge in [0.1, 0.15) is 0 Å². The minimum Gasteiger partial charge on any atom is -0.350 e. The van der Waals surface area contributed by atoms with Crippen LogP contribution in [0.15, 0.2) is 41.8 Å². The minimum atomic E-state index is -0.217. The maximum atomic E-state index is 11.6. The van der Waals surface area contributed by atoms with Gasteiger partial charge in [-0.1, -0.05) is 35.9 Å². The predicted octanol–water partition coefficient (Wildman–Crippen LogP) is 2.10. The van der Waals surface area contributed by atoms with Crippen molar-refractivity contribution in [2.75, 3.05) is 6.54 Å². The van der Waals surface area contributed by atoms with Gasteiger partial charge < -0.3 is 10.6 Å². The van der Waals surface area contributed by atoms with E-state index in [-0.39, 0.29) is 18.4 Å². The van der Waals surface area contributed by atoms with Gasteiger partial charge in [0.25, 0.3) is 5.91 Å². The van der Waals surface area contributed by atoms with Gasteiger partial charge in [0.2, 0.25) is 5.91 Å². The lowest BCUT2D eigenvalue weighted by atomic mass is 10.1. The molecule has 0 fully saturated rings. The molecule has 0 atom stereocenters. The fraction of sp³-hybridized carbons (Fsp3) is 0.200. The van der Waals surface area contributed by atoms with Crippen molar-refractivity contribution in [1.29, 1.82) is 0 Å². The second kappa shape index (κ2) is 6.86. The Bertz CT molecular complexity index is 576. The van der Waals surface area contributed by atoms with Crippen LogP contribution in [-0.4, -0.2) is 18.4 Å². The van der Waals surface area contributed by atoms with Crippen LogP contribution in [0.5, 0.6) is 0 Å². The quantitative estimate of drug-likeness (QED) is 0.885. The third-order valence-corrected chi connectivity index (χ3v) is 3.63. The Hall–Kier alpha value is -2.14. The van der Waals surface area contributed by atoms with E-state index in [1.807, 2.05) is 36.6 Å². The number of amides is 2. The number of benzene rings is 1. The maximum Gasteiger partial charge on any atom is 0.261 e. The van der Waals surface area contributed by atoms with E-state index >= 15 is 0 Å². The largest absolute Gasteiger partial charge is 0.350 e. The molecule has 0 aliphatic heterocycles. The molecule has 0 aliphatic rings. The average Bonchev–Trinajstić information content (AvgIpc) is 2.98. The van der Waals surface area contributed by atoms with Crippen LogP contribution in [0.25, 0.3) is 0 Å². The van der Waals surface area contributed by atoms with Crippen molar-refractivity contribution in [2.24, 2.45) is 0 Å². The summed E-state index contributed by atoms with van der Waals surface area (Å²) in [5, 5.41) is 7.18. The molecule has 0 aliphatic carbocycles. The Labute approximate surface area is 121 Å². The first-order valence-corrected chi connectivity index (χ1v) is 7.17. The van der Waals surface area contributed by atoms with E-state index in [0.29, 0.717) is 11.4 Å². The van der Waals surface area contributed by atoms with Crippen LogP contribution in [0.2, 0.25) is 0 Å². The Morgan fingerprint density at radius 1 is 1.10 bits per heavy atom. The molecule has 0 unspecified atom stereocenters. The molecule has 0 spiro atoms. The molecular formula is C15H16N2O2S. The first-order valence-electron chi connectivity index (χ1n) is 6.29. The van der Waals surface area contributed by atoms with E-state index in [4.69, 9.17) is 0 Å².